The van der Waals surface area contributed by atoms with Gasteiger partial charge in [-0.2, -0.15) is 4.98 Å². The van der Waals surface area contributed by atoms with E-state index in [-0.39, 0.29) is 0 Å². The molecule has 2 rings (SSSR count). The normalized spacial score (nSPS) is 10.2. The van der Waals surface area contributed by atoms with Crippen LogP contribution in [0.5, 0.6) is 0 Å². The van der Waals surface area contributed by atoms with Crippen molar-refractivity contribution in [2.45, 2.75) is 19.9 Å². The van der Waals surface area contributed by atoms with Crippen LogP contribution in [-0.4, -0.2) is 21.5 Å². The van der Waals surface area contributed by atoms with Crippen LogP contribution in [0.25, 0.3) is 0 Å². The summed E-state index contributed by atoms with van der Waals surface area (Å²) in [5, 5.41) is 6.40. The molecule has 0 saturated heterocycles. The fourth-order valence-electron chi connectivity index (χ4n) is 1.29. The molecule has 90 valence electrons. The van der Waals surface area contributed by atoms with Crippen LogP contribution in [0.3, 0.4) is 0 Å². The molecule has 0 unspecified atom stereocenters. The van der Waals surface area contributed by atoms with Gasteiger partial charge in [0.1, 0.15) is 5.82 Å². The first-order valence-corrected chi connectivity index (χ1v) is 6.44. The van der Waals surface area contributed by atoms with Crippen molar-refractivity contribution in [3.05, 3.63) is 28.8 Å². The Bertz CT molecular complexity index is 443. The molecule has 2 N–H and O–H groups in total. The molecule has 2 aromatic heterocycles. The lowest BCUT2D eigenvalue weighted by molar-refractivity contribution is 0.950. The highest BCUT2D eigenvalue weighted by atomic mass is 32.1. The van der Waals surface area contributed by atoms with Gasteiger partial charge in [-0.05, 0) is 12.5 Å². The molecule has 2 aromatic rings. The molecule has 0 aliphatic rings. The van der Waals surface area contributed by atoms with E-state index in [4.69, 9.17) is 0 Å². The number of aromatic nitrogens is 3. The second-order valence-corrected chi connectivity index (χ2v) is 4.48. The van der Waals surface area contributed by atoms with E-state index in [0.717, 1.165) is 25.3 Å². The average molecular weight is 249 g/mol. The Morgan fingerprint density at radius 2 is 2.29 bits per heavy atom. The van der Waals surface area contributed by atoms with Crippen LogP contribution in [0.15, 0.2) is 24.0 Å². The van der Waals surface area contributed by atoms with E-state index in [2.05, 4.69) is 32.5 Å². The van der Waals surface area contributed by atoms with E-state index >= 15 is 0 Å². The molecule has 0 aliphatic carbocycles. The molecular weight excluding hydrogens is 234 g/mol. The van der Waals surface area contributed by atoms with Gasteiger partial charge in [0.25, 0.3) is 0 Å². The second kappa shape index (κ2) is 6.15. The maximum atomic E-state index is 4.36. The number of nitrogens with one attached hydrogen (secondary N) is 2. The van der Waals surface area contributed by atoms with Gasteiger partial charge in [-0.15, -0.1) is 11.3 Å². The van der Waals surface area contributed by atoms with E-state index < -0.39 is 0 Å². The van der Waals surface area contributed by atoms with Crippen molar-refractivity contribution in [3.63, 3.8) is 0 Å². The van der Waals surface area contributed by atoms with Crippen LogP contribution < -0.4 is 10.6 Å². The Morgan fingerprint density at radius 1 is 1.35 bits per heavy atom. The van der Waals surface area contributed by atoms with Gasteiger partial charge in [0.2, 0.25) is 5.95 Å². The van der Waals surface area contributed by atoms with Crippen molar-refractivity contribution in [1.82, 2.24) is 15.0 Å². The first kappa shape index (κ1) is 11.8. The number of hydrogen-bond acceptors (Lipinski definition) is 6. The Labute approximate surface area is 104 Å². The van der Waals surface area contributed by atoms with Gasteiger partial charge in [0.05, 0.1) is 12.1 Å². The minimum atomic E-state index is 0.668. The number of thiazole rings is 1. The average Bonchev–Trinajstić information content (AvgIpc) is 2.87. The first-order valence-electron chi connectivity index (χ1n) is 5.56. The molecule has 0 aliphatic heterocycles. The Hall–Kier alpha value is -1.69. The molecule has 0 amide bonds. The van der Waals surface area contributed by atoms with E-state index in [1.807, 2.05) is 17.8 Å². The van der Waals surface area contributed by atoms with Crippen molar-refractivity contribution in [2.24, 2.45) is 0 Å². The fourth-order valence-corrected chi connectivity index (χ4v) is 1.82. The topological polar surface area (TPSA) is 62.7 Å². The van der Waals surface area contributed by atoms with Gasteiger partial charge < -0.3 is 10.6 Å². The second-order valence-electron chi connectivity index (χ2n) is 3.51. The van der Waals surface area contributed by atoms with Crippen LogP contribution >= 0.6 is 11.3 Å². The van der Waals surface area contributed by atoms with E-state index in [1.54, 1.807) is 17.5 Å². The fraction of sp³-hybridized carbons (Fsp3) is 0.364. The van der Waals surface area contributed by atoms with Gasteiger partial charge in [-0.1, -0.05) is 6.92 Å². The largest absolute Gasteiger partial charge is 0.365 e. The summed E-state index contributed by atoms with van der Waals surface area (Å²) in [6.07, 6.45) is 4.66. The summed E-state index contributed by atoms with van der Waals surface area (Å²) in [5.41, 5.74) is 1.82. The third-order valence-corrected chi connectivity index (χ3v) is 2.90. The molecule has 0 fully saturated rings. The Morgan fingerprint density at radius 3 is 3.06 bits per heavy atom. The van der Waals surface area contributed by atoms with Crippen LogP contribution in [0.1, 0.15) is 18.2 Å². The van der Waals surface area contributed by atoms with E-state index in [0.29, 0.717) is 5.95 Å². The standard InChI is InChI=1S/C11H15N5S/c1-2-4-13-11-14-5-3-10(16-11)15-7-9-6-12-8-17-9/h3,5-6,8H,2,4,7H2,1H3,(H2,13,14,15,16). The molecule has 0 spiro atoms. The molecule has 5 nitrogen and oxygen atoms in total. The van der Waals surface area contributed by atoms with Crippen LogP contribution in [-0.2, 0) is 6.54 Å². The number of rotatable bonds is 6. The molecule has 0 aromatic carbocycles. The lowest BCUT2D eigenvalue weighted by Crippen LogP contribution is -2.06. The predicted molar refractivity (Wildman–Crippen MR) is 70.3 cm³/mol. The summed E-state index contributed by atoms with van der Waals surface area (Å²) >= 11 is 1.63. The molecule has 0 radical (unpaired) electrons. The van der Waals surface area contributed by atoms with Crippen molar-refractivity contribution < 1.29 is 0 Å². The van der Waals surface area contributed by atoms with E-state index in [1.165, 1.54) is 4.88 Å². The molecule has 2 heterocycles. The molecule has 0 saturated carbocycles. The molecule has 0 atom stereocenters. The molecule has 17 heavy (non-hydrogen) atoms. The highest BCUT2D eigenvalue weighted by molar-refractivity contribution is 7.09. The molecule has 0 bridgehead atoms. The van der Waals surface area contributed by atoms with Crippen molar-refractivity contribution in [1.29, 1.82) is 0 Å². The number of anilines is 2. The van der Waals surface area contributed by atoms with Crippen molar-refractivity contribution >= 4 is 23.1 Å². The van der Waals surface area contributed by atoms with Gasteiger partial charge in [-0.25, -0.2) is 4.98 Å². The summed E-state index contributed by atoms with van der Waals surface area (Å²) in [6.45, 7) is 3.74. The molecular formula is C11H15N5S. The van der Waals surface area contributed by atoms with Gasteiger partial charge >= 0.3 is 0 Å². The predicted octanol–water partition coefficient (Wildman–Crippen LogP) is 2.37. The zero-order valence-electron chi connectivity index (χ0n) is 9.68. The van der Waals surface area contributed by atoms with Crippen LogP contribution in [0, 0.1) is 0 Å². The third kappa shape index (κ3) is 3.67. The lowest BCUT2D eigenvalue weighted by atomic mass is 10.5. The first-order chi connectivity index (χ1) is 8.38. The van der Waals surface area contributed by atoms with Gasteiger partial charge in [0, 0.05) is 23.8 Å². The van der Waals surface area contributed by atoms with Crippen LogP contribution in [0.2, 0.25) is 0 Å². The zero-order chi connectivity index (χ0) is 11.9. The quantitative estimate of drug-likeness (QED) is 0.823. The summed E-state index contributed by atoms with van der Waals surface area (Å²) < 4.78 is 0. The monoisotopic (exact) mass is 249 g/mol. The van der Waals surface area contributed by atoms with E-state index in [9.17, 15) is 0 Å². The van der Waals surface area contributed by atoms with Crippen LogP contribution in [0.4, 0.5) is 11.8 Å². The maximum absolute atomic E-state index is 4.36. The minimum absolute atomic E-state index is 0.668. The van der Waals surface area contributed by atoms with Gasteiger partial charge in [-0.3, -0.25) is 4.98 Å². The Balaban J connectivity index is 1.91. The highest BCUT2D eigenvalue weighted by Crippen LogP contribution is 2.10. The smallest absolute Gasteiger partial charge is 0.224 e. The summed E-state index contributed by atoms with van der Waals surface area (Å²) in [5.74, 6) is 1.49. The minimum Gasteiger partial charge on any atom is -0.365 e. The third-order valence-electron chi connectivity index (χ3n) is 2.12. The summed E-state index contributed by atoms with van der Waals surface area (Å²) in [6, 6.07) is 1.86. The maximum Gasteiger partial charge on any atom is 0.224 e. The van der Waals surface area contributed by atoms with Crippen molar-refractivity contribution in [2.75, 3.05) is 17.2 Å². The van der Waals surface area contributed by atoms with Gasteiger partial charge in [0.15, 0.2) is 0 Å². The highest BCUT2D eigenvalue weighted by Gasteiger charge is 1.99. The Kier molecular flexibility index (Phi) is 4.26. The number of hydrogen-bond donors (Lipinski definition) is 2. The number of nitrogens with zero attached hydrogens (tertiary/aromatic N) is 3. The SMILES string of the molecule is CCCNc1nccc(NCc2cncs2)n1. The molecule has 6 heteroatoms. The summed E-state index contributed by atoms with van der Waals surface area (Å²) in [4.78, 5) is 13.7. The van der Waals surface area contributed by atoms with Crippen molar-refractivity contribution in [3.8, 4) is 0 Å². The zero-order valence-corrected chi connectivity index (χ0v) is 10.5. The summed E-state index contributed by atoms with van der Waals surface area (Å²) in [7, 11) is 0. The lowest BCUT2D eigenvalue weighted by Gasteiger charge is -2.06.